The van der Waals surface area contributed by atoms with Crippen LogP contribution in [0.2, 0.25) is 5.02 Å². The molecule has 1 aromatic heterocycles. The Kier molecular flexibility index (Phi) is 9.09. The lowest BCUT2D eigenvalue weighted by Crippen LogP contribution is -2.47. The van der Waals surface area contributed by atoms with Crippen molar-refractivity contribution in [1.29, 1.82) is 5.26 Å². The number of aromatic nitrogens is 1. The summed E-state index contributed by atoms with van der Waals surface area (Å²) in [7, 11) is 1.19. The number of halogens is 6. The average Bonchev–Trinajstić information content (AvgIpc) is 2.94. The maximum absolute atomic E-state index is 15.1. The number of benzene rings is 3. The fourth-order valence-electron chi connectivity index (χ4n) is 4.76. The molecule has 1 N–H and O–H groups in total. The zero-order valence-electron chi connectivity index (χ0n) is 22.7. The van der Waals surface area contributed by atoms with E-state index in [1.165, 1.54) is 60.2 Å². The van der Waals surface area contributed by atoms with E-state index in [4.69, 9.17) is 16.3 Å². The monoisotopic (exact) mass is 621 g/mol. The number of thioether (sulfide) groups is 1. The van der Waals surface area contributed by atoms with Crippen LogP contribution >= 0.6 is 23.4 Å². The lowest BCUT2D eigenvalue weighted by molar-refractivity contribution is -0.200. The molecule has 4 rings (SSSR count). The maximum Gasteiger partial charge on any atom is 0.410 e. The molecular weight excluding hydrogens is 597 g/mol. The number of hydrogen-bond acceptors (Lipinski definition) is 5. The van der Waals surface area contributed by atoms with Gasteiger partial charge in [-0.1, -0.05) is 24.6 Å². The standard InChI is InChI=1S/C30H25ClF5N3O2S/c1-4-42-16-29(15-37,30(34,35)36)28(21-9-11-24(41-3)27(33)26(21)31)38-22-13-17(2)14-23-20(22)10-12-25(40)39(23)19-7-5-18(32)6-8-19/h5-14,28,38H,4,16H2,1-3H3. The van der Waals surface area contributed by atoms with Gasteiger partial charge in [-0.3, -0.25) is 9.36 Å². The van der Waals surface area contributed by atoms with Gasteiger partial charge in [0.05, 0.1) is 29.8 Å². The lowest BCUT2D eigenvalue weighted by atomic mass is 9.78. The van der Waals surface area contributed by atoms with Gasteiger partial charge < -0.3 is 10.1 Å². The molecule has 2 unspecified atom stereocenters. The summed E-state index contributed by atoms with van der Waals surface area (Å²) >= 11 is 7.23. The van der Waals surface area contributed by atoms with Crippen molar-refractivity contribution in [2.45, 2.75) is 26.1 Å². The number of pyridine rings is 1. The number of ether oxygens (including phenoxy) is 1. The van der Waals surface area contributed by atoms with Gasteiger partial charge in [0.25, 0.3) is 5.56 Å². The van der Waals surface area contributed by atoms with Crippen molar-refractivity contribution in [1.82, 2.24) is 4.57 Å². The van der Waals surface area contributed by atoms with Crippen molar-refractivity contribution < 1.29 is 26.7 Å². The molecule has 0 saturated heterocycles. The van der Waals surface area contributed by atoms with Crippen molar-refractivity contribution in [2.24, 2.45) is 5.41 Å². The van der Waals surface area contributed by atoms with Crippen LogP contribution in [-0.2, 0) is 0 Å². The summed E-state index contributed by atoms with van der Waals surface area (Å²) in [5.41, 5.74) is -2.45. The zero-order valence-corrected chi connectivity index (χ0v) is 24.2. The van der Waals surface area contributed by atoms with E-state index in [-0.39, 0.29) is 22.8 Å². The van der Waals surface area contributed by atoms with Crippen LogP contribution in [-0.4, -0.2) is 29.4 Å². The summed E-state index contributed by atoms with van der Waals surface area (Å²) in [5.74, 6) is -2.24. The highest BCUT2D eigenvalue weighted by Crippen LogP contribution is 2.52. The first-order valence-corrected chi connectivity index (χ1v) is 14.2. The summed E-state index contributed by atoms with van der Waals surface area (Å²) in [5, 5.41) is 12.7. The normalized spacial score (nSPS) is 13.8. The van der Waals surface area contributed by atoms with E-state index in [1.807, 2.05) is 0 Å². The molecule has 4 aromatic rings. The highest BCUT2D eigenvalue weighted by molar-refractivity contribution is 7.99. The maximum atomic E-state index is 15.1. The van der Waals surface area contributed by atoms with Crippen LogP contribution in [0.4, 0.5) is 27.6 Å². The molecule has 0 aliphatic carbocycles. The van der Waals surface area contributed by atoms with Gasteiger partial charge in [0.1, 0.15) is 5.82 Å². The molecule has 0 aliphatic heterocycles. The van der Waals surface area contributed by atoms with Gasteiger partial charge in [-0.05, 0) is 72.3 Å². The van der Waals surface area contributed by atoms with Gasteiger partial charge in [0.15, 0.2) is 17.0 Å². The Morgan fingerprint density at radius 2 is 1.79 bits per heavy atom. The number of aryl methyl sites for hydroxylation is 1. The quantitative estimate of drug-likeness (QED) is 0.191. The minimum Gasteiger partial charge on any atom is -0.494 e. The number of fused-ring (bicyclic) bond motifs is 1. The Bertz CT molecular complexity index is 1720. The second-order valence-electron chi connectivity index (χ2n) is 9.51. The van der Waals surface area contributed by atoms with Gasteiger partial charge >= 0.3 is 6.18 Å². The van der Waals surface area contributed by atoms with Crippen molar-refractivity contribution in [2.75, 3.05) is 23.9 Å². The van der Waals surface area contributed by atoms with Crippen molar-refractivity contribution in [3.63, 3.8) is 0 Å². The first-order chi connectivity index (χ1) is 19.9. The van der Waals surface area contributed by atoms with E-state index in [2.05, 4.69) is 5.32 Å². The van der Waals surface area contributed by atoms with Gasteiger partial charge in [-0.15, -0.1) is 0 Å². The molecule has 1 heterocycles. The number of alkyl halides is 3. The molecule has 0 radical (unpaired) electrons. The Morgan fingerprint density at radius 1 is 1.10 bits per heavy atom. The summed E-state index contributed by atoms with van der Waals surface area (Å²) in [4.78, 5) is 13.0. The number of nitriles is 1. The fourth-order valence-corrected chi connectivity index (χ4v) is 5.95. The molecule has 0 fully saturated rings. The molecule has 220 valence electrons. The van der Waals surface area contributed by atoms with E-state index >= 15 is 4.39 Å². The van der Waals surface area contributed by atoms with Crippen LogP contribution in [0, 0.1) is 35.3 Å². The molecule has 42 heavy (non-hydrogen) atoms. The van der Waals surface area contributed by atoms with Crippen molar-refractivity contribution in [3.8, 4) is 17.5 Å². The Labute approximate surface area is 247 Å². The third kappa shape index (κ3) is 5.65. The highest BCUT2D eigenvalue weighted by Gasteiger charge is 2.61. The van der Waals surface area contributed by atoms with Crippen LogP contribution in [0.3, 0.4) is 0 Å². The van der Waals surface area contributed by atoms with Crippen molar-refractivity contribution >= 4 is 40.0 Å². The van der Waals surface area contributed by atoms with Gasteiger partial charge in [-0.25, -0.2) is 8.78 Å². The van der Waals surface area contributed by atoms with E-state index in [0.717, 1.165) is 17.8 Å². The molecule has 0 aliphatic rings. The SMILES string of the molecule is CCSCC(C#N)(C(Nc1cc(C)cc2c1ccc(=O)n2-c1ccc(F)cc1)c1ccc(OC)c(F)c1Cl)C(F)(F)F. The molecule has 12 heteroatoms. The van der Waals surface area contributed by atoms with Gasteiger partial charge in [-0.2, -0.15) is 30.2 Å². The molecule has 0 spiro atoms. The molecular formula is C30H25ClF5N3O2S. The predicted octanol–water partition coefficient (Wildman–Crippen LogP) is 8.22. The number of nitrogens with one attached hydrogen (secondary N) is 1. The minimum absolute atomic E-state index is 0.142. The summed E-state index contributed by atoms with van der Waals surface area (Å²) < 4.78 is 79.9. The average molecular weight is 622 g/mol. The Morgan fingerprint density at radius 3 is 2.38 bits per heavy atom. The van der Waals surface area contributed by atoms with E-state index < -0.39 is 45.6 Å². The smallest absolute Gasteiger partial charge is 0.410 e. The highest BCUT2D eigenvalue weighted by atomic mass is 35.5. The molecule has 3 aromatic carbocycles. The number of nitrogens with zero attached hydrogens (tertiary/aromatic N) is 2. The van der Waals surface area contributed by atoms with E-state index in [0.29, 0.717) is 22.2 Å². The molecule has 5 nitrogen and oxygen atoms in total. The zero-order chi connectivity index (χ0) is 30.8. The predicted molar refractivity (Wildman–Crippen MR) is 156 cm³/mol. The van der Waals surface area contributed by atoms with Crippen LogP contribution in [0.15, 0.2) is 65.5 Å². The second-order valence-corrected chi connectivity index (χ2v) is 11.2. The molecule has 0 saturated carbocycles. The van der Waals surface area contributed by atoms with Crippen molar-refractivity contribution in [3.05, 3.63) is 98.8 Å². The van der Waals surface area contributed by atoms with Gasteiger partial charge in [0, 0.05) is 28.6 Å². The molecule has 0 bridgehead atoms. The summed E-state index contributed by atoms with van der Waals surface area (Å²) in [6.07, 6.45) is -5.07. The Balaban J connectivity index is 2.03. The number of anilines is 1. The third-order valence-corrected chi connectivity index (χ3v) is 8.33. The van der Waals surface area contributed by atoms with Gasteiger partial charge in [0.2, 0.25) is 0 Å². The van der Waals surface area contributed by atoms with E-state index in [9.17, 15) is 27.6 Å². The first-order valence-electron chi connectivity index (χ1n) is 12.6. The van der Waals surface area contributed by atoms with Crippen LogP contribution in [0.5, 0.6) is 5.75 Å². The lowest BCUT2D eigenvalue weighted by Gasteiger charge is -2.38. The molecule has 0 amide bonds. The topological polar surface area (TPSA) is 67.0 Å². The first kappa shape index (κ1) is 31.2. The molecule has 2 atom stereocenters. The Hall–Kier alpha value is -3.75. The van der Waals surface area contributed by atoms with Crippen LogP contribution in [0.25, 0.3) is 16.6 Å². The summed E-state index contributed by atoms with van der Waals surface area (Å²) in [6, 6.07) is 13.0. The minimum atomic E-state index is -5.07. The van der Waals surface area contributed by atoms with Crippen LogP contribution in [0.1, 0.15) is 24.1 Å². The second kappa shape index (κ2) is 12.2. The number of hydrogen-bond donors (Lipinski definition) is 1. The fraction of sp³-hybridized carbons (Fsp3) is 0.267. The number of rotatable bonds is 9. The number of methoxy groups -OCH3 is 1. The van der Waals surface area contributed by atoms with E-state index in [1.54, 1.807) is 26.0 Å². The van der Waals surface area contributed by atoms with Crippen LogP contribution < -0.4 is 15.6 Å². The third-order valence-electron chi connectivity index (χ3n) is 6.88. The largest absolute Gasteiger partial charge is 0.494 e. The summed E-state index contributed by atoms with van der Waals surface area (Å²) in [6.45, 7) is 3.34.